The van der Waals surface area contributed by atoms with Gasteiger partial charge in [-0.1, -0.05) is 43.6 Å². The molecule has 1 atom stereocenters. The topological polar surface area (TPSA) is 86.8 Å². The van der Waals surface area contributed by atoms with Crippen molar-refractivity contribution in [3.05, 3.63) is 64.9 Å². The summed E-state index contributed by atoms with van der Waals surface area (Å²) in [4.78, 5) is 27.4. The van der Waals surface area contributed by atoms with Crippen molar-refractivity contribution in [1.29, 1.82) is 0 Å². The Balaban J connectivity index is 2.35. The van der Waals surface area contributed by atoms with E-state index < -0.39 is 34.3 Å². The van der Waals surface area contributed by atoms with Crippen molar-refractivity contribution in [2.24, 2.45) is 5.92 Å². The third-order valence-electron chi connectivity index (χ3n) is 4.89. The summed E-state index contributed by atoms with van der Waals surface area (Å²) in [5, 5.41) is 3.11. The maximum absolute atomic E-state index is 13.3. The fraction of sp³-hybridized carbons (Fsp3) is 0.391. The van der Waals surface area contributed by atoms with Crippen molar-refractivity contribution in [1.82, 2.24) is 10.2 Å². The maximum atomic E-state index is 13.3. The van der Waals surface area contributed by atoms with Crippen LogP contribution in [0.25, 0.3) is 0 Å². The zero-order valence-corrected chi connectivity index (χ0v) is 20.7. The van der Waals surface area contributed by atoms with Crippen LogP contribution in [-0.4, -0.2) is 50.5 Å². The lowest BCUT2D eigenvalue weighted by molar-refractivity contribution is -0.139. The number of rotatable bonds is 10. The molecular formula is C23H29ClFN3O4S. The first-order valence-electron chi connectivity index (χ1n) is 10.4. The lowest BCUT2D eigenvalue weighted by atomic mass is 10.1. The Bertz CT molecular complexity index is 1080. The Labute approximate surface area is 199 Å². The van der Waals surface area contributed by atoms with Crippen LogP contribution in [0.4, 0.5) is 10.1 Å². The molecule has 0 saturated heterocycles. The number of carbonyl (C=O) groups is 2. The highest BCUT2D eigenvalue weighted by Crippen LogP contribution is 2.22. The zero-order chi connectivity index (χ0) is 24.8. The lowest BCUT2D eigenvalue weighted by Crippen LogP contribution is -2.51. The van der Waals surface area contributed by atoms with Crippen molar-refractivity contribution in [2.75, 3.05) is 23.7 Å². The highest BCUT2D eigenvalue weighted by atomic mass is 35.5. The van der Waals surface area contributed by atoms with Crippen molar-refractivity contribution in [3.8, 4) is 0 Å². The minimum atomic E-state index is -3.83. The molecule has 0 fully saturated rings. The third-order valence-corrected chi connectivity index (χ3v) is 6.27. The largest absolute Gasteiger partial charge is 0.354 e. The summed E-state index contributed by atoms with van der Waals surface area (Å²) in [5.74, 6) is -1.17. The van der Waals surface area contributed by atoms with Crippen LogP contribution in [0.3, 0.4) is 0 Å². The SMILES string of the molecule is CC(C)CNC(=O)[C@H](C)N(Cc1ccc(F)cc1)C(=O)CN(c1cccc(Cl)c1)S(C)(=O)=O. The van der Waals surface area contributed by atoms with Crippen molar-refractivity contribution in [2.45, 2.75) is 33.4 Å². The molecule has 7 nitrogen and oxygen atoms in total. The molecule has 180 valence electrons. The molecule has 0 spiro atoms. The standard InChI is InChI=1S/C23H29ClFN3O4S/c1-16(2)13-26-23(30)17(3)27(14-18-8-10-20(25)11-9-18)22(29)15-28(33(4,31)32)21-7-5-6-19(24)12-21/h5-12,16-17H,13-15H2,1-4H3,(H,26,30)/t17-/m0/s1. The number of sulfonamides is 1. The molecule has 2 aromatic rings. The highest BCUT2D eigenvalue weighted by Gasteiger charge is 2.30. The summed E-state index contributed by atoms with van der Waals surface area (Å²) < 4.78 is 39.2. The van der Waals surface area contributed by atoms with Crippen molar-refractivity contribution >= 4 is 39.1 Å². The van der Waals surface area contributed by atoms with Gasteiger partial charge in [0.2, 0.25) is 21.8 Å². The molecule has 33 heavy (non-hydrogen) atoms. The Morgan fingerprint density at radius 1 is 1.09 bits per heavy atom. The first kappa shape index (κ1) is 26.6. The summed E-state index contributed by atoms with van der Waals surface area (Å²) in [7, 11) is -3.83. The molecule has 0 aliphatic heterocycles. The van der Waals surface area contributed by atoms with E-state index in [2.05, 4.69) is 5.32 Å². The van der Waals surface area contributed by atoms with E-state index in [0.29, 0.717) is 17.1 Å². The second kappa shape index (κ2) is 11.5. The fourth-order valence-corrected chi connectivity index (χ4v) is 4.09. The molecule has 0 aromatic heterocycles. The predicted molar refractivity (Wildman–Crippen MR) is 128 cm³/mol. The molecule has 0 saturated carbocycles. The van der Waals surface area contributed by atoms with Crippen LogP contribution in [0.2, 0.25) is 5.02 Å². The molecule has 1 N–H and O–H groups in total. The van der Waals surface area contributed by atoms with Gasteiger partial charge in [-0.2, -0.15) is 0 Å². The van der Waals surface area contributed by atoms with Crippen LogP contribution >= 0.6 is 11.6 Å². The van der Waals surface area contributed by atoms with E-state index in [1.165, 1.54) is 41.3 Å². The van der Waals surface area contributed by atoms with E-state index in [1.807, 2.05) is 13.8 Å². The van der Waals surface area contributed by atoms with Crippen LogP contribution in [0.15, 0.2) is 48.5 Å². The number of nitrogens with zero attached hydrogens (tertiary/aromatic N) is 2. The van der Waals surface area contributed by atoms with Crippen molar-refractivity contribution < 1.29 is 22.4 Å². The van der Waals surface area contributed by atoms with Crippen LogP contribution in [0.1, 0.15) is 26.3 Å². The van der Waals surface area contributed by atoms with Gasteiger partial charge in [0.15, 0.2) is 0 Å². The number of hydrogen-bond donors (Lipinski definition) is 1. The van der Waals surface area contributed by atoms with Gasteiger partial charge < -0.3 is 10.2 Å². The summed E-state index contributed by atoms with van der Waals surface area (Å²) in [6.07, 6.45) is 0.990. The number of nitrogens with one attached hydrogen (secondary N) is 1. The molecule has 0 radical (unpaired) electrons. The summed E-state index contributed by atoms with van der Waals surface area (Å²) in [6, 6.07) is 10.8. The smallest absolute Gasteiger partial charge is 0.244 e. The number of carbonyl (C=O) groups excluding carboxylic acids is 2. The monoisotopic (exact) mass is 497 g/mol. The number of hydrogen-bond acceptors (Lipinski definition) is 4. The van der Waals surface area contributed by atoms with Crippen LogP contribution < -0.4 is 9.62 Å². The van der Waals surface area contributed by atoms with E-state index >= 15 is 0 Å². The zero-order valence-electron chi connectivity index (χ0n) is 19.1. The Kier molecular flexibility index (Phi) is 9.25. The average Bonchev–Trinajstić information content (AvgIpc) is 2.73. The molecular weight excluding hydrogens is 469 g/mol. The molecule has 0 unspecified atom stereocenters. The van der Waals surface area contributed by atoms with Gasteiger partial charge in [0.05, 0.1) is 11.9 Å². The molecule has 2 amide bonds. The number of halogens is 2. The van der Waals surface area contributed by atoms with E-state index in [1.54, 1.807) is 19.1 Å². The van der Waals surface area contributed by atoms with Crippen LogP contribution in [-0.2, 0) is 26.2 Å². The average molecular weight is 498 g/mol. The van der Waals surface area contributed by atoms with E-state index in [4.69, 9.17) is 11.6 Å². The molecule has 0 aliphatic rings. The highest BCUT2D eigenvalue weighted by molar-refractivity contribution is 7.92. The molecule has 2 aromatic carbocycles. The maximum Gasteiger partial charge on any atom is 0.244 e. The van der Waals surface area contributed by atoms with Crippen LogP contribution in [0, 0.1) is 11.7 Å². The first-order valence-corrected chi connectivity index (χ1v) is 12.7. The lowest BCUT2D eigenvalue weighted by Gasteiger charge is -2.31. The minimum absolute atomic E-state index is 0.00251. The Morgan fingerprint density at radius 2 is 1.73 bits per heavy atom. The number of anilines is 1. The molecule has 2 rings (SSSR count). The van der Waals surface area contributed by atoms with Gasteiger partial charge in [-0.3, -0.25) is 13.9 Å². The van der Waals surface area contributed by atoms with Gasteiger partial charge in [-0.05, 0) is 48.7 Å². The number of benzene rings is 2. The van der Waals surface area contributed by atoms with Gasteiger partial charge in [-0.15, -0.1) is 0 Å². The third kappa shape index (κ3) is 8.01. The van der Waals surface area contributed by atoms with Gasteiger partial charge in [0, 0.05) is 18.1 Å². The predicted octanol–water partition coefficient (Wildman–Crippen LogP) is 3.43. The van der Waals surface area contributed by atoms with Gasteiger partial charge in [0.1, 0.15) is 18.4 Å². The van der Waals surface area contributed by atoms with E-state index in [-0.39, 0.29) is 24.1 Å². The number of amides is 2. The normalized spacial score (nSPS) is 12.3. The second-order valence-electron chi connectivity index (χ2n) is 8.21. The Morgan fingerprint density at radius 3 is 2.27 bits per heavy atom. The molecule has 0 bridgehead atoms. The van der Waals surface area contributed by atoms with E-state index in [0.717, 1.165) is 10.6 Å². The van der Waals surface area contributed by atoms with E-state index in [9.17, 15) is 22.4 Å². The Hall–Kier alpha value is -2.65. The quantitative estimate of drug-likeness (QED) is 0.544. The molecule has 10 heteroatoms. The summed E-state index contributed by atoms with van der Waals surface area (Å²) >= 11 is 6.01. The molecule has 0 heterocycles. The summed E-state index contributed by atoms with van der Waals surface area (Å²) in [5.41, 5.74) is 0.832. The van der Waals surface area contributed by atoms with Crippen LogP contribution in [0.5, 0.6) is 0 Å². The van der Waals surface area contributed by atoms with Gasteiger partial charge in [0.25, 0.3) is 0 Å². The summed E-state index contributed by atoms with van der Waals surface area (Å²) in [6.45, 7) is 5.37. The van der Waals surface area contributed by atoms with Gasteiger partial charge in [-0.25, -0.2) is 12.8 Å². The minimum Gasteiger partial charge on any atom is -0.354 e. The van der Waals surface area contributed by atoms with Gasteiger partial charge >= 0.3 is 0 Å². The van der Waals surface area contributed by atoms with Crippen molar-refractivity contribution in [3.63, 3.8) is 0 Å². The first-order chi connectivity index (χ1) is 15.4. The molecule has 0 aliphatic carbocycles. The fourth-order valence-electron chi connectivity index (χ4n) is 3.07. The second-order valence-corrected chi connectivity index (χ2v) is 10.6.